The van der Waals surface area contributed by atoms with E-state index in [4.69, 9.17) is 17.3 Å². The first-order chi connectivity index (χ1) is 12.4. The lowest BCUT2D eigenvalue weighted by atomic mass is 10.1. The number of carbonyl (C=O) groups is 1. The second kappa shape index (κ2) is 6.22. The second-order valence-corrected chi connectivity index (χ2v) is 7.24. The third-order valence-electron chi connectivity index (χ3n) is 4.87. The molecular weight excluding hydrogens is 363 g/mol. The van der Waals surface area contributed by atoms with Gasteiger partial charge in [-0.1, -0.05) is 11.6 Å². The molecule has 0 spiro atoms. The quantitative estimate of drug-likeness (QED) is 0.751. The maximum absolute atomic E-state index is 14.7. The number of fused-ring (bicyclic) bond motifs is 1. The van der Waals surface area contributed by atoms with Gasteiger partial charge in [0.2, 0.25) is 5.43 Å². The summed E-state index contributed by atoms with van der Waals surface area (Å²) in [5, 5.41) is 11.1. The number of hydrogen-bond acceptors (Lipinski definition) is 5. The van der Waals surface area contributed by atoms with Gasteiger partial charge in [0.15, 0.2) is 0 Å². The van der Waals surface area contributed by atoms with Crippen LogP contribution in [-0.4, -0.2) is 39.8 Å². The van der Waals surface area contributed by atoms with Gasteiger partial charge < -0.3 is 20.8 Å². The van der Waals surface area contributed by atoms with Crippen LogP contribution in [0.1, 0.15) is 35.7 Å². The van der Waals surface area contributed by atoms with Crippen molar-refractivity contribution >= 4 is 34.2 Å². The van der Waals surface area contributed by atoms with Gasteiger partial charge in [0.1, 0.15) is 17.1 Å². The fourth-order valence-corrected chi connectivity index (χ4v) is 3.72. The second-order valence-electron chi connectivity index (χ2n) is 6.87. The lowest BCUT2D eigenvalue weighted by Crippen LogP contribution is -2.31. The minimum Gasteiger partial charge on any atom is -0.477 e. The number of halogens is 2. The van der Waals surface area contributed by atoms with Crippen molar-refractivity contribution in [1.82, 2.24) is 9.58 Å². The van der Waals surface area contributed by atoms with Crippen LogP contribution < -0.4 is 16.6 Å². The summed E-state index contributed by atoms with van der Waals surface area (Å²) in [5.74, 6) is -2.04. The Morgan fingerprint density at radius 2 is 2.12 bits per heavy atom. The Balaban J connectivity index is 1.91. The van der Waals surface area contributed by atoms with Crippen LogP contribution in [0.4, 0.5) is 10.1 Å². The number of benzene rings is 1. The van der Waals surface area contributed by atoms with Crippen molar-refractivity contribution in [3.8, 4) is 0 Å². The molecule has 26 heavy (non-hydrogen) atoms. The summed E-state index contributed by atoms with van der Waals surface area (Å²) in [5.41, 5.74) is 8.14. The number of anilines is 1. The molecule has 1 aromatic heterocycles. The zero-order valence-electron chi connectivity index (χ0n) is 13.8. The third-order valence-corrected chi connectivity index (χ3v) is 5.24. The Kier molecular flexibility index (Phi) is 4.13. The van der Waals surface area contributed by atoms with Crippen LogP contribution in [0, 0.1) is 5.82 Å². The molecule has 1 unspecified atom stereocenters. The highest BCUT2D eigenvalue weighted by Gasteiger charge is 2.30. The molecule has 0 amide bonds. The SMILES string of the molecule is NC1CCN(Nc2c(F)cc3c(=O)c(C(=O)O)cn(C4CC4)c3c2Cl)C1. The Bertz CT molecular complexity index is 973. The van der Waals surface area contributed by atoms with E-state index in [0.29, 0.717) is 18.6 Å². The van der Waals surface area contributed by atoms with Gasteiger partial charge in [-0.25, -0.2) is 14.2 Å². The van der Waals surface area contributed by atoms with Crippen LogP contribution in [0.15, 0.2) is 17.1 Å². The Labute approximate surface area is 153 Å². The number of rotatable bonds is 4. The highest BCUT2D eigenvalue weighted by atomic mass is 35.5. The molecule has 138 valence electrons. The average Bonchev–Trinajstić information content (AvgIpc) is 3.34. The molecule has 7 nitrogen and oxygen atoms in total. The molecule has 2 aliphatic rings. The summed E-state index contributed by atoms with van der Waals surface area (Å²) in [6, 6.07) is 1.13. The van der Waals surface area contributed by atoms with E-state index in [9.17, 15) is 19.1 Å². The third kappa shape index (κ3) is 2.84. The van der Waals surface area contributed by atoms with E-state index in [1.807, 2.05) is 0 Å². The number of nitrogens with one attached hydrogen (secondary N) is 1. The van der Waals surface area contributed by atoms with E-state index >= 15 is 0 Å². The lowest BCUT2D eigenvalue weighted by Gasteiger charge is -2.22. The minimum atomic E-state index is -1.34. The summed E-state index contributed by atoms with van der Waals surface area (Å²) in [4.78, 5) is 23.9. The van der Waals surface area contributed by atoms with Crippen LogP contribution in [0.3, 0.4) is 0 Å². The van der Waals surface area contributed by atoms with E-state index in [0.717, 1.165) is 25.3 Å². The molecule has 1 aromatic carbocycles. The average molecular weight is 381 g/mol. The summed E-state index contributed by atoms with van der Waals surface area (Å²) in [6.07, 6.45) is 3.81. The monoisotopic (exact) mass is 380 g/mol. The Morgan fingerprint density at radius 3 is 2.69 bits per heavy atom. The predicted octanol–water partition coefficient (Wildman–Crippen LogP) is 2.19. The van der Waals surface area contributed by atoms with Crippen LogP contribution in [0.25, 0.3) is 10.9 Å². The van der Waals surface area contributed by atoms with E-state index in [1.54, 1.807) is 9.58 Å². The van der Waals surface area contributed by atoms with Gasteiger partial charge in [-0.05, 0) is 25.3 Å². The summed E-state index contributed by atoms with van der Waals surface area (Å²) >= 11 is 6.48. The first-order valence-corrected chi connectivity index (χ1v) is 8.82. The molecule has 4 rings (SSSR count). The van der Waals surface area contributed by atoms with Crippen LogP contribution in [-0.2, 0) is 0 Å². The van der Waals surface area contributed by atoms with E-state index in [1.165, 1.54) is 6.20 Å². The van der Waals surface area contributed by atoms with Gasteiger partial charge in [0.25, 0.3) is 0 Å². The standard InChI is InChI=1S/C17H18ClFN4O3/c18-13-14(21-22-4-3-8(20)6-22)12(19)5-10-15(13)23(9-1-2-9)7-11(16(10)24)17(25)26/h5,7-9,21H,1-4,6,20H2,(H,25,26). The van der Waals surface area contributed by atoms with Gasteiger partial charge in [-0.2, -0.15) is 0 Å². The largest absolute Gasteiger partial charge is 0.477 e. The molecule has 2 heterocycles. The topological polar surface area (TPSA) is 101 Å². The molecule has 1 atom stereocenters. The fraction of sp³-hybridized carbons (Fsp3) is 0.412. The lowest BCUT2D eigenvalue weighted by molar-refractivity contribution is 0.0695. The predicted molar refractivity (Wildman–Crippen MR) is 96.2 cm³/mol. The maximum Gasteiger partial charge on any atom is 0.341 e. The van der Waals surface area contributed by atoms with Crippen molar-refractivity contribution in [2.75, 3.05) is 18.5 Å². The van der Waals surface area contributed by atoms with Crippen molar-refractivity contribution in [2.24, 2.45) is 5.73 Å². The van der Waals surface area contributed by atoms with Crippen molar-refractivity contribution < 1.29 is 14.3 Å². The van der Waals surface area contributed by atoms with Gasteiger partial charge in [-0.3, -0.25) is 4.79 Å². The number of aromatic nitrogens is 1. The molecule has 2 fully saturated rings. The molecule has 2 aromatic rings. The molecule has 1 aliphatic carbocycles. The zero-order chi connectivity index (χ0) is 18.6. The van der Waals surface area contributed by atoms with E-state index < -0.39 is 17.2 Å². The van der Waals surface area contributed by atoms with Crippen molar-refractivity contribution in [3.63, 3.8) is 0 Å². The summed E-state index contributed by atoms with van der Waals surface area (Å²) in [6.45, 7) is 1.21. The molecule has 0 bridgehead atoms. The van der Waals surface area contributed by atoms with Crippen molar-refractivity contribution in [3.05, 3.63) is 38.9 Å². The number of hydrazine groups is 1. The number of nitrogens with two attached hydrogens (primary N) is 1. The Hall–Kier alpha value is -2.16. The fourth-order valence-electron chi connectivity index (χ4n) is 3.38. The van der Waals surface area contributed by atoms with Crippen LogP contribution in [0.2, 0.25) is 5.02 Å². The van der Waals surface area contributed by atoms with Crippen LogP contribution >= 0.6 is 11.6 Å². The van der Waals surface area contributed by atoms with E-state index in [-0.39, 0.29) is 33.7 Å². The van der Waals surface area contributed by atoms with E-state index in [2.05, 4.69) is 5.43 Å². The normalized spacial score (nSPS) is 20.7. The molecule has 4 N–H and O–H groups in total. The van der Waals surface area contributed by atoms with Crippen LogP contribution in [0.5, 0.6) is 0 Å². The number of hydrogen-bond donors (Lipinski definition) is 3. The molecule has 1 aliphatic heterocycles. The first kappa shape index (κ1) is 17.3. The first-order valence-electron chi connectivity index (χ1n) is 8.44. The highest BCUT2D eigenvalue weighted by molar-refractivity contribution is 6.38. The summed E-state index contributed by atoms with van der Waals surface area (Å²) in [7, 11) is 0. The van der Waals surface area contributed by atoms with Gasteiger partial charge in [0, 0.05) is 31.4 Å². The highest BCUT2D eigenvalue weighted by Crippen LogP contribution is 2.41. The van der Waals surface area contributed by atoms with Crippen molar-refractivity contribution in [2.45, 2.75) is 31.3 Å². The molecule has 0 radical (unpaired) electrons. The zero-order valence-corrected chi connectivity index (χ0v) is 14.6. The molecule has 9 heteroatoms. The number of carboxylic acid groups (broad SMARTS) is 1. The number of aromatic carboxylic acids is 1. The number of pyridine rings is 1. The van der Waals surface area contributed by atoms with Crippen molar-refractivity contribution in [1.29, 1.82) is 0 Å². The van der Waals surface area contributed by atoms with Gasteiger partial charge >= 0.3 is 5.97 Å². The van der Waals surface area contributed by atoms with Gasteiger partial charge in [0.05, 0.1) is 15.9 Å². The Morgan fingerprint density at radius 1 is 1.38 bits per heavy atom. The minimum absolute atomic E-state index is 0.00700. The molecule has 1 saturated heterocycles. The molecule has 1 saturated carbocycles. The number of carboxylic acids is 1. The summed E-state index contributed by atoms with van der Waals surface area (Å²) < 4.78 is 16.4. The molecular formula is C17H18ClFN4O3. The maximum atomic E-state index is 14.7. The number of nitrogens with zero attached hydrogens (tertiary/aromatic N) is 2. The smallest absolute Gasteiger partial charge is 0.341 e. The van der Waals surface area contributed by atoms with Gasteiger partial charge in [-0.15, -0.1) is 0 Å².